The highest BCUT2D eigenvalue weighted by molar-refractivity contribution is 6.06. The minimum absolute atomic E-state index is 0.152. The monoisotopic (exact) mass is 416 g/mol. The van der Waals surface area contributed by atoms with E-state index in [1.807, 2.05) is 41.2 Å². The Morgan fingerprint density at radius 1 is 1.20 bits per heavy atom. The second-order valence-corrected chi connectivity index (χ2v) is 7.35. The topological polar surface area (TPSA) is 75.5 Å². The number of nitrogens with one attached hydrogen (secondary N) is 2. The number of aryl methyl sites for hydroxylation is 1. The number of rotatable bonds is 3. The lowest BCUT2D eigenvalue weighted by Crippen LogP contribution is -2.53. The van der Waals surface area contributed by atoms with Crippen LogP contribution in [-0.2, 0) is 9.59 Å². The summed E-state index contributed by atoms with van der Waals surface area (Å²) in [4.78, 5) is 28.9. The van der Waals surface area contributed by atoms with Crippen LogP contribution in [0.4, 0.5) is 18.9 Å². The van der Waals surface area contributed by atoms with Crippen LogP contribution >= 0.6 is 0 Å². The number of anilines is 1. The molecule has 0 radical (unpaired) electrons. The van der Waals surface area contributed by atoms with Gasteiger partial charge < -0.3 is 15.0 Å². The Balaban J connectivity index is 1.44. The molecular weight excluding hydrogens is 397 g/mol. The molecule has 30 heavy (non-hydrogen) atoms. The van der Waals surface area contributed by atoms with Crippen LogP contribution in [-0.4, -0.2) is 33.4 Å². The lowest BCUT2D eigenvalue weighted by atomic mass is 9.92. The lowest BCUT2D eigenvalue weighted by Gasteiger charge is -2.29. The Morgan fingerprint density at radius 2 is 1.93 bits per heavy atom. The predicted molar refractivity (Wildman–Crippen MR) is 105 cm³/mol. The number of alkyl halides is 3. The van der Waals surface area contributed by atoms with Crippen molar-refractivity contribution in [2.45, 2.75) is 32.0 Å². The molecule has 0 spiro atoms. The van der Waals surface area contributed by atoms with Gasteiger partial charge >= 0.3 is 6.18 Å². The number of hydrogen-bond donors (Lipinski definition) is 2. The molecule has 2 N–H and O–H groups in total. The first-order valence-corrected chi connectivity index (χ1v) is 9.45. The van der Waals surface area contributed by atoms with Crippen molar-refractivity contribution < 1.29 is 22.8 Å². The maximum Gasteiger partial charge on any atom is 0.408 e. The average Bonchev–Trinajstić information content (AvgIpc) is 3.13. The van der Waals surface area contributed by atoms with Crippen molar-refractivity contribution in [3.8, 4) is 11.3 Å². The van der Waals surface area contributed by atoms with E-state index >= 15 is 0 Å². The SMILES string of the molecule is Cc1cccn2cc(-c3ccc(NC(=O)C4CCC(C(F)(F)F)NC4=O)cc3)nc12. The number of aromatic nitrogens is 2. The van der Waals surface area contributed by atoms with Crippen LogP contribution in [0.5, 0.6) is 0 Å². The first-order chi connectivity index (χ1) is 14.2. The van der Waals surface area contributed by atoms with Crippen molar-refractivity contribution in [1.82, 2.24) is 14.7 Å². The van der Waals surface area contributed by atoms with Crippen molar-refractivity contribution >= 4 is 23.1 Å². The molecular formula is C21H19F3N4O2. The summed E-state index contributed by atoms with van der Waals surface area (Å²) in [6.45, 7) is 1.98. The molecule has 2 aromatic heterocycles. The van der Waals surface area contributed by atoms with Crippen molar-refractivity contribution in [1.29, 1.82) is 0 Å². The van der Waals surface area contributed by atoms with E-state index in [2.05, 4.69) is 10.3 Å². The number of fused-ring (bicyclic) bond motifs is 1. The fourth-order valence-corrected chi connectivity index (χ4v) is 3.55. The average molecular weight is 416 g/mol. The minimum atomic E-state index is -4.51. The van der Waals surface area contributed by atoms with Gasteiger partial charge in [0.15, 0.2) is 0 Å². The molecule has 6 nitrogen and oxygen atoms in total. The zero-order chi connectivity index (χ0) is 21.5. The summed E-state index contributed by atoms with van der Waals surface area (Å²) in [6, 6.07) is 8.92. The van der Waals surface area contributed by atoms with Crippen LogP contribution in [0, 0.1) is 12.8 Å². The molecule has 1 aromatic carbocycles. The number of benzene rings is 1. The van der Waals surface area contributed by atoms with E-state index in [0.717, 1.165) is 22.5 Å². The fourth-order valence-electron chi connectivity index (χ4n) is 3.55. The number of hydrogen-bond acceptors (Lipinski definition) is 3. The number of imidazole rings is 1. The van der Waals surface area contributed by atoms with Gasteiger partial charge in [0.25, 0.3) is 0 Å². The third kappa shape index (κ3) is 3.87. The molecule has 2 amide bonds. The molecule has 9 heteroatoms. The highest BCUT2D eigenvalue weighted by Gasteiger charge is 2.45. The number of carbonyl (C=O) groups excluding carboxylic acids is 2. The van der Waals surface area contributed by atoms with E-state index in [0.29, 0.717) is 5.69 Å². The molecule has 1 saturated heterocycles. The van der Waals surface area contributed by atoms with Crippen LogP contribution < -0.4 is 10.6 Å². The van der Waals surface area contributed by atoms with Gasteiger partial charge in [-0.3, -0.25) is 9.59 Å². The lowest BCUT2D eigenvalue weighted by molar-refractivity contribution is -0.170. The van der Waals surface area contributed by atoms with E-state index in [4.69, 9.17) is 0 Å². The summed E-state index contributed by atoms with van der Waals surface area (Å²) in [5.41, 5.74) is 3.97. The van der Waals surface area contributed by atoms with Crippen molar-refractivity contribution in [3.63, 3.8) is 0 Å². The molecule has 3 heterocycles. The summed E-state index contributed by atoms with van der Waals surface area (Å²) >= 11 is 0. The molecule has 4 rings (SSSR count). The van der Waals surface area contributed by atoms with E-state index in [9.17, 15) is 22.8 Å². The van der Waals surface area contributed by atoms with E-state index in [1.165, 1.54) is 0 Å². The highest BCUT2D eigenvalue weighted by Crippen LogP contribution is 2.29. The fraction of sp³-hybridized carbons (Fsp3) is 0.286. The van der Waals surface area contributed by atoms with E-state index < -0.39 is 30.0 Å². The minimum Gasteiger partial charge on any atom is -0.344 e. The van der Waals surface area contributed by atoms with Crippen molar-refractivity contribution in [2.24, 2.45) is 5.92 Å². The standard InChI is InChI=1S/C21H19F3N4O2/c1-12-3-2-10-28-11-16(26-18(12)28)13-4-6-14(7-5-13)25-19(29)15-8-9-17(21(22,23)24)27-20(15)30/h2-7,10-11,15,17H,8-9H2,1H3,(H,25,29)(H,27,30). The smallest absolute Gasteiger partial charge is 0.344 e. The first-order valence-electron chi connectivity index (χ1n) is 9.45. The first kappa shape index (κ1) is 19.9. The number of halogens is 3. The Morgan fingerprint density at radius 3 is 2.57 bits per heavy atom. The number of carbonyl (C=O) groups is 2. The number of amides is 2. The van der Waals surface area contributed by atoms with Crippen LogP contribution in [0.2, 0.25) is 0 Å². The largest absolute Gasteiger partial charge is 0.408 e. The molecule has 0 saturated carbocycles. The Hall–Kier alpha value is -3.36. The van der Waals surface area contributed by atoms with Gasteiger partial charge in [-0.2, -0.15) is 13.2 Å². The zero-order valence-electron chi connectivity index (χ0n) is 16.0. The molecule has 0 aliphatic carbocycles. The van der Waals surface area contributed by atoms with E-state index in [-0.39, 0.29) is 12.8 Å². The maximum absolute atomic E-state index is 12.7. The maximum atomic E-state index is 12.7. The van der Waals surface area contributed by atoms with Crippen LogP contribution in [0.3, 0.4) is 0 Å². The van der Waals surface area contributed by atoms with Gasteiger partial charge in [-0.25, -0.2) is 4.98 Å². The predicted octanol–water partition coefficient (Wildman–Crippen LogP) is 3.71. The van der Waals surface area contributed by atoms with Gasteiger partial charge in [0.1, 0.15) is 17.6 Å². The van der Waals surface area contributed by atoms with Gasteiger partial charge in [-0.1, -0.05) is 18.2 Å². The van der Waals surface area contributed by atoms with Gasteiger partial charge in [0.05, 0.1) is 5.69 Å². The molecule has 2 atom stereocenters. The third-order valence-electron chi connectivity index (χ3n) is 5.21. The summed E-state index contributed by atoms with van der Waals surface area (Å²) in [5.74, 6) is -2.67. The summed E-state index contributed by atoms with van der Waals surface area (Å²) in [6.07, 6.45) is -1.17. The number of piperidine rings is 1. The number of pyridine rings is 1. The molecule has 2 unspecified atom stereocenters. The Bertz CT molecular complexity index is 1110. The van der Waals surface area contributed by atoms with Crippen molar-refractivity contribution in [3.05, 3.63) is 54.4 Å². The summed E-state index contributed by atoms with van der Waals surface area (Å²) in [7, 11) is 0. The summed E-state index contributed by atoms with van der Waals surface area (Å²) < 4.78 is 40.1. The van der Waals surface area contributed by atoms with E-state index in [1.54, 1.807) is 24.3 Å². The molecule has 3 aromatic rings. The highest BCUT2D eigenvalue weighted by atomic mass is 19.4. The summed E-state index contributed by atoms with van der Waals surface area (Å²) in [5, 5.41) is 4.49. The molecule has 1 fully saturated rings. The third-order valence-corrected chi connectivity index (χ3v) is 5.21. The van der Waals surface area contributed by atoms with Gasteiger partial charge in [-0.05, 0) is 43.5 Å². The Kier molecular flexibility index (Phi) is 4.97. The Labute approximate surface area is 170 Å². The molecule has 1 aliphatic rings. The molecule has 156 valence electrons. The molecule has 0 bridgehead atoms. The zero-order valence-corrected chi connectivity index (χ0v) is 16.0. The quantitative estimate of drug-likeness (QED) is 0.640. The molecule has 1 aliphatic heterocycles. The van der Waals surface area contributed by atoms with Crippen LogP contribution in [0.15, 0.2) is 48.8 Å². The van der Waals surface area contributed by atoms with Gasteiger partial charge in [0.2, 0.25) is 11.8 Å². The second kappa shape index (κ2) is 7.47. The normalized spacial score (nSPS) is 19.5. The second-order valence-electron chi connectivity index (χ2n) is 7.35. The van der Waals surface area contributed by atoms with Gasteiger partial charge in [0, 0.05) is 23.6 Å². The van der Waals surface area contributed by atoms with Crippen LogP contribution in [0.25, 0.3) is 16.9 Å². The number of nitrogens with zero attached hydrogens (tertiary/aromatic N) is 2. The van der Waals surface area contributed by atoms with Crippen molar-refractivity contribution in [2.75, 3.05) is 5.32 Å². The van der Waals surface area contributed by atoms with Gasteiger partial charge in [-0.15, -0.1) is 0 Å². The van der Waals surface area contributed by atoms with Crippen LogP contribution in [0.1, 0.15) is 18.4 Å².